The van der Waals surface area contributed by atoms with Gasteiger partial charge in [0.15, 0.2) is 0 Å². The summed E-state index contributed by atoms with van der Waals surface area (Å²) in [5, 5.41) is 10.7. The van der Waals surface area contributed by atoms with Gasteiger partial charge in [-0.3, -0.25) is 9.80 Å². The Morgan fingerprint density at radius 2 is 1.38 bits per heavy atom. The fraction of sp³-hybridized carbons (Fsp3) is 0.357. The van der Waals surface area contributed by atoms with E-state index in [1.165, 1.54) is 11.1 Å². The van der Waals surface area contributed by atoms with Crippen LogP contribution in [0.3, 0.4) is 0 Å². The molecule has 168 valence electrons. The van der Waals surface area contributed by atoms with Gasteiger partial charge in [-0.05, 0) is 29.2 Å². The quantitative estimate of drug-likeness (QED) is 0.550. The number of rotatable bonds is 9. The fourth-order valence-electron chi connectivity index (χ4n) is 4.40. The van der Waals surface area contributed by atoms with Crippen molar-refractivity contribution in [2.45, 2.75) is 25.7 Å². The molecule has 1 aliphatic heterocycles. The maximum atomic E-state index is 10.7. The lowest BCUT2D eigenvalue weighted by Gasteiger charge is -2.35. The maximum Gasteiger partial charge on any atom is 0.108 e. The summed E-state index contributed by atoms with van der Waals surface area (Å²) >= 11 is 0. The zero-order valence-electron chi connectivity index (χ0n) is 18.9. The second kappa shape index (κ2) is 11.4. The van der Waals surface area contributed by atoms with Gasteiger partial charge < -0.3 is 9.84 Å². The van der Waals surface area contributed by atoms with E-state index in [1.807, 2.05) is 30.3 Å². The van der Waals surface area contributed by atoms with Gasteiger partial charge in [0.05, 0.1) is 12.7 Å². The van der Waals surface area contributed by atoms with Crippen LogP contribution >= 0.6 is 0 Å². The van der Waals surface area contributed by atoms with Crippen molar-refractivity contribution < 1.29 is 9.84 Å². The van der Waals surface area contributed by atoms with E-state index in [2.05, 4.69) is 71.3 Å². The number of nitrogens with zero attached hydrogens (tertiary/aromatic N) is 2. The predicted octanol–water partition coefficient (Wildman–Crippen LogP) is 4.28. The molecule has 0 saturated carbocycles. The molecule has 1 fully saturated rings. The summed E-state index contributed by atoms with van der Waals surface area (Å²) in [6.07, 6.45) is -0.680. The lowest BCUT2D eigenvalue weighted by atomic mass is 9.97. The van der Waals surface area contributed by atoms with E-state index in [9.17, 15) is 5.11 Å². The Bertz CT molecular complexity index is 940. The van der Waals surface area contributed by atoms with Crippen LogP contribution in [0.4, 0.5) is 0 Å². The van der Waals surface area contributed by atoms with Crippen molar-refractivity contribution in [3.63, 3.8) is 0 Å². The monoisotopic (exact) mass is 430 g/mol. The minimum atomic E-state index is -0.508. The molecule has 3 aromatic rings. The SMILES string of the molecule is Cc1ccccc1C(OCC(O)CN1CCN(Cc2ccccc2)CC1)c1ccccc1. The summed E-state index contributed by atoms with van der Waals surface area (Å²) in [7, 11) is 0. The van der Waals surface area contributed by atoms with Gasteiger partial charge in [0, 0.05) is 39.3 Å². The van der Waals surface area contributed by atoms with Crippen molar-refractivity contribution in [1.29, 1.82) is 0 Å². The minimum Gasteiger partial charge on any atom is -0.389 e. The molecule has 0 aliphatic carbocycles. The molecule has 3 aromatic carbocycles. The van der Waals surface area contributed by atoms with Gasteiger partial charge >= 0.3 is 0 Å². The Morgan fingerprint density at radius 3 is 2.06 bits per heavy atom. The highest BCUT2D eigenvalue weighted by molar-refractivity contribution is 5.35. The summed E-state index contributed by atoms with van der Waals surface area (Å²) in [6.45, 7) is 8.08. The average Bonchev–Trinajstić information content (AvgIpc) is 2.83. The summed E-state index contributed by atoms with van der Waals surface area (Å²) in [5.41, 5.74) is 4.83. The van der Waals surface area contributed by atoms with Gasteiger partial charge in [-0.25, -0.2) is 0 Å². The van der Waals surface area contributed by atoms with Crippen LogP contribution in [0.15, 0.2) is 84.9 Å². The van der Waals surface area contributed by atoms with E-state index >= 15 is 0 Å². The number of ether oxygens (including phenoxy) is 1. The van der Waals surface area contributed by atoms with Gasteiger partial charge in [0.1, 0.15) is 6.10 Å². The van der Waals surface area contributed by atoms with Crippen LogP contribution in [-0.2, 0) is 11.3 Å². The van der Waals surface area contributed by atoms with Crippen molar-refractivity contribution in [1.82, 2.24) is 9.80 Å². The predicted molar refractivity (Wildman–Crippen MR) is 130 cm³/mol. The lowest BCUT2D eigenvalue weighted by molar-refractivity contribution is -0.0150. The average molecular weight is 431 g/mol. The Hall–Kier alpha value is -2.50. The molecular weight excluding hydrogens is 396 g/mol. The molecule has 2 atom stereocenters. The minimum absolute atomic E-state index is 0.172. The largest absolute Gasteiger partial charge is 0.389 e. The first-order chi connectivity index (χ1) is 15.7. The van der Waals surface area contributed by atoms with Crippen LogP contribution in [0, 0.1) is 6.92 Å². The van der Waals surface area contributed by atoms with E-state index < -0.39 is 6.10 Å². The number of aliphatic hydroxyl groups excluding tert-OH is 1. The molecule has 0 amide bonds. The Morgan fingerprint density at radius 1 is 0.781 bits per heavy atom. The van der Waals surface area contributed by atoms with E-state index in [0.29, 0.717) is 13.2 Å². The number of hydrogen-bond donors (Lipinski definition) is 1. The molecule has 1 N–H and O–H groups in total. The molecule has 32 heavy (non-hydrogen) atoms. The highest BCUT2D eigenvalue weighted by atomic mass is 16.5. The third kappa shape index (κ3) is 6.27. The van der Waals surface area contributed by atoms with Gasteiger partial charge in [0.2, 0.25) is 0 Å². The van der Waals surface area contributed by atoms with Crippen LogP contribution in [-0.4, -0.2) is 60.3 Å². The summed E-state index contributed by atoms with van der Waals surface area (Å²) in [4.78, 5) is 4.83. The number of β-amino-alcohol motifs (C(OH)–C–C–N with tert-alkyl or cyclic N) is 1. The molecule has 4 rings (SSSR count). The lowest BCUT2D eigenvalue weighted by Crippen LogP contribution is -2.48. The standard InChI is InChI=1S/C28H34N2O2/c1-23-10-8-9-15-27(23)28(25-13-6-3-7-14-25)32-22-26(31)21-30-18-16-29(17-19-30)20-24-11-4-2-5-12-24/h2-15,26,28,31H,16-22H2,1H3. The topological polar surface area (TPSA) is 35.9 Å². The molecule has 1 saturated heterocycles. The maximum absolute atomic E-state index is 10.7. The van der Waals surface area contributed by atoms with Crippen molar-refractivity contribution >= 4 is 0 Å². The van der Waals surface area contributed by atoms with E-state index in [0.717, 1.165) is 43.9 Å². The number of hydrogen-bond acceptors (Lipinski definition) is 4. The number of benzene rings is 3. The van der Waals surface area contributed by atoms with Crippen LogP contribution in [0.25, 0.3) is 0 Å². The Balaban J connectivity index is 1.29. The second-order valence-corrected chi connectivity index (χ2v) is 8.70. The van der Waals surface area contributed by atoms with Crippen LogP contribution in [0.1, 0.15) is 28.4 Å². The first-order valence-electron chi connectivity index (χ1n) is 11.6. The van der Waals surface area contributed by atoms with Gasteiger partial charge in [-0.2, -0.15) is 0 Å². The zero-order chi connectivity index (χ0) is 22.2. The molecular formula is C28H34N2O2. The van der Waals surface area contributed by atoms with Crippen molar-refractivity contribution in [2.24, 2.45) is 0 Å². The summed E-state index contributed by atoms with van der Waals surface area (Å²) in [6, 6.07) is 29.2. The van der Waals surface area contributed by atoms with E-state index in [1.54, 1.807) is 0 Å². The third-order valence-corrected chi connectivity index (χ3v) is 6.21. The number of piperazine rings is 1. The smallest absolute Gasteiger partial charge is 0.108 e. The molecule has 4 nitrogen and oxygen atoms in total. The third-order valence-electron chi connectivity index (χ3n) is 6.21. The summed E-state index contributed by atoms with van der Waals surface area (Å²) < 4.78 is 6.31. The van der Waals surface area contributed by atoms with Crippen molar-refractivity contribution in [2.75, 3.05) is 39.3 Å². The van der Waals surface area contributed by atoms with Crippen LogP contribution in [0.2, 0.25) is 0 Å². The van der Waals surface area contributed by atoms with Crippen molar-refractivity contribution in [3.8, 4) is 0 Å². The molecule has 0 bridgehead atoms. The first kappa shape index (κ1) is 22.7. The highest BCUT2D eigenvalue weighted by Crippen LogP contribution is 2.28. The normalized spacial score (nSPS) is 17.2. The first-order valence-corrected chi connectivity index (χ1v) is 11.6. The molecule has 4 heteroatoms. The summed E-state index contributed by atoms with van der Waals surface area (Å²) in [5.74, 6) is 0. The van der Waals surface area contributed by atoms with E-state index in [-0.39, 0.29) is 6.10 Å². The van der Waals surface area contributed by atoms with Gasteiger partial charge in [-0.15, -0.1) is 0 Å². The van der Waals surface area contributed by atoms with Gasteiger partial charge in [0.25, 0.3) is 0 Å². The molecule has 2 unspecified atom stereocenters. The number of aryl methyl sites for hydroxylation is 1. The van der Waals surface area contributed by atoms with Crippen LogP contribution < -0.4 is 0 Å². The molecule has 1 heterocycles. The molecule has 0 radical (unpaired) electrons. The van der Waals surface area contributed by atoms with E-state index in [4.69, 9.17) is 4.74 Å². The fourth-order valence-corrected chi connectivity index (χ4v) is 4.40. The van der Waals surface area contributed by atoms with Crippen LogP contribution in [0.5, 0.6) is 0 Å². The molecule has 1 aliphatic rings. The Kier molecular flexibility index (Phi) is 8.07. The molecule has 0 spiro atoms. The van der Waals surface area contributed by atoms with Crippen molar-refractivity contribution in [3.05, 3.63) is 107 Å². The van der Waals surface area contributed by atoms with Gasteiger partial charge in [-0.1, -0.05) is 84.9 Å². The Labute approximate surface area is 192 Å². The highest BCUT2D eigenvalue weighted by Gasteiger charge is 2.22. The zero-order valence-corrected chi connectivity index (χ0v) is 18.9. The molecule has 0 aromatic heterocycles. The number of aliphatic hydroxyl groups is 1. The second-order valence-electron chi connectivity index (χ2n) is 8.70.